The number of thiophene rings is 3. The van der Waals surface area contributed by atoms with Gasteiger partial charge in [-0.05, 0) is 42.7 Å². The fraction of sp³-hybridized carbons (Fsp3) is 0.217. The largest absolute Gasteiger partial charge is 0.465 e. The molecule has 0 radical (unpaired) electrons. The van der Waals surface area contributed by atoms with Crippen molar-refractivity contribution in [2.75, 3.05) is 23.9 Å². The molecule has 4 aromatic rings. The molecule has 0 saturated heterocycles. The van der Waals surface area contributed by atoms with Crippen molar-refractivity contribution in [1.29, 1.82) is 5.26 Å². The number of amides is 1. The van der Waals surface area contributed by atoms with Crippen LogP contribution in [0.4, 0.5) is 16.5 Å². The third kappa shape index (κ3) is 3.51. The second-order valence-electron chi connectivity index (χ2n) is 7.72. The Morgan fingerprint density at radius 2 is 2.03 bits per heavy atom. The lowest BCUT2D eigenvalue weighted by Gasteiger charge is -2.11. The summed E-state index contributed by atoms with van der Waals surface area (Å²) in [6.45, 7) is 0. The number of aryl methyl sites for hydroxylation is 1. The number of ether oxygens (including phenoxy) is 1. The van der Waals surface area contributed by atoms with Gasteiger partial charge < -0.3 is 21.5 Å². The van der Waals surface area contributed by atoms with Crippen LogP contribution in [0.3, 0.4) is 0 Å². The molecule has 0 aliphatic heterocycles. The molecule has 1 aliphatic rings. The predicted molar refractivity (Wildman–Crippen MR) is 137 cm³/mol. The number of carbonyl (C=O) groups is 2. The van der Waals surface area contributed by atoms with Crippen LogP contribution in [0.25, 0.3) is 20.7 Å². The summed E-state index contributed by atoms with van der Waals surface area (Å²) in [6.07, 6.45) is 3.69. The first-order valence-electron chi connectivity index (χ1n) is 10.4. The lowest BCUT2D eigenvalue weighted by molar-refractivity contribution is 0.0601. The summed E-state index contributed by atoms with van der Waals surface area (Å²) in [5, 5.41) is 15.5. The van der Waals surface area contributed by atoms with Crippen LogP contribution >= 0.6 is 34.0 Å². The summed E-state index contributed by atoms with van der Waals surface area (Å²) < 4.78 is 5.00. The van der Waals surface area contributed by atoms with E-state index in [9.17, 15) is 14.9 Å². The molecule has 172 valence electrons. The van der Waals surface area contributed by atoms with Crippen LogP contribution in [-0.4, -0.2) is 24.0 Å². The molecule has 34 heavy (non-hydrogen) atoms. The molecule has 5 rings (SSSR count). The van der Waals surface area contributed by atoms with E-state index in [2.05, 4.69) is 16.4 Å². The third-order valence-corrected chi connectivity index (χ3v) is 8.97. The van der Waals surface area contributed by atoms with Crippen molar-refractivity contribution in [1.82, 2.24) is 4.98 Å². The highest BCUT2D eigenvalue weighted by atomic mass is 32.1. The number of nitrogens with zero attached hydrogens (tertiary/aromatic N) is 2. The first-order chi connectivity index (χ1) is 16.4. The molecular formula is C23H19N5O3S3. The number of pyridine rings is 1. The minimum Gasteiger partial charge on any atom is -0.465 e. The molecule has 0 spiro atoms. The van der Waals surface area contributed by atoms with Gasteiger partial charge in [0.05, 0.1) is 18.4 Å². The Labute approximate surface area is 206 Å². The number of nitrogens with one attached hydrogen (secondary N) is 1. The van der Waals surface area contributed by atoms with E-state index < -0.39 is 11.9 Å². The van der Waals surface area contributed by atoms with E-state index in [4.69, 9.17) is 16.2 Å². The monoisotopic (exact) mass is 509 g/mol. The first kappa shape index (κ1) is 22.3. The molecule has 4 aromatic heterocycles. The smallest absolute Gasteiger partial charge is 0.341 e. The van der Waals surface area contributed by atoms with Crippen LogP contribution in [0.15, 0.2) is 17.5 Å². The molecular weight excluding hydrogens is 490 g/mol. The maximum absolute atomic E-state index is 13.4. The lowest BCUT2D eigenvalue weighted by Crippen LogP contribution is -2.15. The summed E-state index contributed by atoms with van der Waals surface area (Å²) in [4.78, 5) is 32.9. The number of nitrogen functional groups attached to an aromatic ring is 2. The van der Waals surface area contributed by atoms with Crippen LogP contribution in [0.1, 0.15) is 48.9 Å². The Morgan fingerprint density at radius 3 is 2.74 bits per heavy atom. The average Bonchev–Trinajstić information content (AvgIpc) is 3.55. The molecule has 0 fully saturated rings. The molecule has 0 bridgehead atoms. The zero-order valence-corrected chi connectivity index (χ0v) is 20.5. The SMILES string of the molecule is COC(=O)c1c(NC(=O)c2sc3nc(N)c(C#N)c(-c4cccs4)c3c2N)sc2c1CCCC2. The van der Waals surface area contributed by atoms with E-state index in [1.807, 2.05) is 17.5 Å². The van der Waals surface area contributed by atoms with E-state index >= 15 is 0 Å². The Morgan fingerprint density at radius 1 is 1.24 bits per heavy atom. The molecule has 11 heteroatoms. The number of hydrogen-bond acceptors (Lipinski definition) is 10. The molecule has 5 N–H and O–H groups in total. The van der Waals surface area contributed by atoms with Crippen molar-refractivity contribution in [3.8, 4) is 16.5 Å². The van der Waals surface area contributed by atoms with Gasteiger partial charge in [0.1, 0.15) is 32.2 Å². The predicted octanol–water partition coefficient (Wildman–Crippen LogP) is 5.04. The van der Waals surface area contributed by atoms with Gasteiger partial charge in [0.2, 0.25) is 0 Å². The summed E-state index contributed by atoms with van der Waals surface area (Å²) >= 11 is 3.96. The number of nitrogens with two attached hydrogens (primary N) is 2. The number of esters is 1. The molecule has 0 saturated carbocycles. The van der Waals surface area contributed by atoms with Crippen molar-refractivity contribution in [2.45, 2.75) is 25.7 Å². The number of aromatic nitrogens is 1. The normalized spacial score (nSPS) is 12.8. The maximum Gasteiger partial charge on any atom is 0.341 e. The van der Waals surface area contributed by atoms with Crippen molar-refractivity contribution in [3.05, 3.63) is 44.0 Å². The number of methoxy groups -OCH3 is 1. The van der Waals surface area contributed by atoms with Crippen molar-refractivity contribution in [2.24, 2.45) is 0 Å². The number of rotatable bonds is 4. The third-order valence-electron chi connectivity index (χ3n) is 5.78. The highest BCUT2D eigenvalue weighted by Gasteiger charge is 2.29. The van der Waals surface area contributed by atoms with Crippen LogP contribution in [0.2, 0.25) is 0 Å². The van der Waals surface area contributed by atoms with Gasteiger partial charge >= 0.3 is 5.97 Å². The summed E-state index contributed by atoms with van der Waals surface area (Å²) in [6, 6.07) is 5.86. The topological polar surface area (TPSA) is 144 Å². The van der Waals surface area contributed by atoms with Gasteiger partial charge in [0.15, 0.2) is 0 Å². The van der Waals surface area contributed by atoms with Crippen molar-refractivity contribution in [3.63, 3.8) is 0 Å². The summed E-state index contributed by atoms with van der Waals surface area (Å²) in [5.74, 6) is -0.823. The van der Waals surface area contributed by atoms with Gasteiger partial charge in [0.25, 0.3) is 5.91 Å². The van der Waals surface area contributed by atoms with E-state index in [0.717, 1.165) is 52.3 Å². The van der Waals surface area contributed by atoms with Crippen LogP contribution < -0.4 is 16.8 Å². The minimum absolute atomic E-state index is 0.0884. The number of nitriles is 1. The van der Waals surface area contributed by atoms with E-state index in [-0.39, 0.29) is 21.9 Å². The zero-order valence-electron chi connectivity index (χ0n) is 18.1. The summed E-state index contributed by atoms with van der Waals surface area (Å²) in [5.41, 5.74) is 15.0. The minimum atomic E-state index is -0.466. The maximum atomic E-state index is 13.4. The molecule has 0 unspecified atom stereocenters. The Hall–Kier alpha value is -3.46. The van der Waals surface area contributed by atoms with Gasteiger partial charge in [-0.3, -0.25) is 4.79 Å². The van der Waals surface area contributed by atoms with Gasteiger partial charge in [-0.2, -0.15) is 5.26 Å². The lowest BCUT2D eigenvalue weighted by atomic mass is 9.95. The Balaban J connectivity index is 1.62. The number of carbonyl (C=O) groups excluding carboxylic acids is 2. The zero-order chi connectivity index (χ0) is 24.0. The molecule has 0 atom stereocenters. The van der Waals surface area contributed by atoms with Gasteiger partial charge in [-0.1, -0.05) is 6.07 Å². The molecule has 1 amide bonds. The highest BCUT2D eigenvalue weighted by Crippen LogP contribution is 2.45. The molecule has 8 nitrogen and oxygen atoms in total. The van der Waals surface area contributed by atoms with E-state index in [0.29, 0.717) is 26.3 Å². The fourth-order valence-electron chi connectivity index (χ4n) is 4.25. The molecule has 1 aliphatic carbocycles. The molecule has 0 aromatic carbocycles. The first-order valence-corrected chi connectivity index (χ1v) is 13.0. The second-order valence-corrected chi connectivity index (χ2v) is 10.8. The Kier molecular flexibility index (Phi) is 5.73. The highest BCUT2D eigenvalue weighted by molar-refractivity contribution is 7.22. The standard InChI is InChI=1S/C23H19N5O3S3/c1-31-23(30)15-10-5-2-3-6-12(10)33-21(15)28-20(29)18-17(25)16-14(13-7-4-8-32-13)11(9-24)19(26)27-22(16)34-18/h4,7-8H,2-3,5-6,25H2,1H3,(H2,26,27)(H,28,29). The van der Waals surface area contributed by atoms with Gasteiger partial charge in [0, 0.05) is 20.7 Å². The van der Waals surface area contributed by atoms with Gasteiger partial charge in [-0.25, -0.2) is 9.78 Å². The second kappa shape index (κ2) is 8.72. The summed E-state index contributed by atoms with van der Waals surface area (Å²) in [7, 11) is 1.33. The average molecular weight is 510 g/mol. The quantitative estimate of drug-likeness (QED) is 0.327. The van der Waals surface area contributed by atoms with Crippen molar-refractivity contribution < 1.29 is 14.3 Å². The fourth-order valence-corrected chi connectivity index (χ4v) is 7.31. The van der Waals surface area contributed by atoms with Gasteiger partial charge in [-0.15, -0.1) is 34.0 Å². The van der Waals surface area contributed by atoms with Crippen molar-refractivity contribution >= 4 is 72.6 Å². The number of hydrogen-bond donors (Lipinski definition) is 3. The van der Waals surface area contributed by atoms with Crippen LogP contribution in [0.5, 0.6) is 0 Å². The van der Waals surface area contributed by atoms with E-state index in [1.54, 1.807) is 0 Å². The molecule has 4 heterocycles. The Bertz CT molecular complexity index is 1490. The van der Waals surface area contributed by atoms with E-state index in [1.165, 1.54) is 29.8 Å². The van der Waals surface area contributed by atoms with Crippen LogP contribution in [-0.2, 0) is 17.6 Å². The van der Waals surface area contributed by atoms with Crippen LogP contribution in [0, 0.1) is 11.3 Å². The number of anilines is 3. The number of fused-ring (bicyclic) bond motifs is 2.